The van der Waals surface area contributed by atoms with Crippen LogP contribution in [0.5, 0.6) is 0 Å². The minimum absolute atomic E-state index is 0.0830. The van der Waals surface area contributed by atoms with E-state index < -0.39 is 0 Å². The van der Waals surface area contributed by atoms with Gasteiger partial charge in [-0.1, -0.05) is 37.1 Å². The van der Waals surface area contributed by atoms with Crippen LogP contribution in [0.2, 0.25) is 0 Å². The lowest BCUT2D eigenvalue weighted by Gasteiger charge is -2.33. The van der Waals surface area contributed by atoms with Crippen molar-refractivity contribution in [1.82, 2.24) is 5.32 Å². The van der Waals surface area contributed by atoms with Crippen molar-refractivity contribution in [3.05, 3.63) is 65.4 Å². The maximum Gasteiger partial charge on any atom is 0.322 e. The fourth-order valence-corrected chi connectivity index (χ4v) is 4.50. The number of nitrogens with zero attached hydrogens (tertiary/aromatic N) is 2. The highest BCUT2D eigenvalue weighted by Crippen LogP contribution is 2.43. The normalized spacial score (nSPS) is 19.5. The van der Waals surface area contributed by atoms with Crippen LogP contribution in [0, 0.1) is 17.2 Å². The summed E-state index contributed by atoms with van der Waals surface area (Å²) in [7, 11) is 0. The van der Waals surface area contributed by atoms with Gasteiger partial charge in [-0.05, 0) is 48.6 Å². The second-order valence-electron chi connectivity index (χ2n) is 7.69. The highest BCUT2D eigenvalue weighted by Gasteiger charge is 2.37. The third-order valence-corrected chi connectivity index (χ3v) is 5.93. The summed E-state index contributed by atoms with van der Waals surface area (Å²) < 4.78 is 6.24. The number of hydrogen-bond donors (Lipinski definition) is 1. The quantitative estimate of drug-likeness (QED) is 0.695. The van der Waals surface area contributed by atoms with Gasteiger partial charge in [0.1, 0.15) is 11.6 Å². The molecule has 2 aromatic carbocycles. The lowest BCUT2D eigenvalue weighted by atomic mass is 9.98. The zero-order valence-electron chi connectivity index (χ0n) is 15.5. The molecule has 0 radical (unpaired) electrons. The molecule has 1 unspecified atom stereocenters. The number of rotatable bonds is 3. The molecule has 2 amide bonds. The zero-order valence-corrected chi connectivity index (χ0v) is 15.5. The van der Waals surface area contributed by atoms with Crippen LogP contribution >= 0.6 is 0 Å². The second-order valence-corrected chi connectivity index (χ2v) is 7.69. The molecule has 1 fully saturated rings. The molecule has 1 saturated carbocycles. The van der Waals surface area contributed by atoms with E-state index in [2.05, 4.69) is 11.4 Å². The third kappa shape index (κ3) is 2.73. The summed E-state index contributed by atoms with van der Waals surface area (Å²) in [6.45, 7) is 0.725. The van der Waals surface area contributed by atoms with Gasteiger partial charge in [0.25, 0.3) is 0 Å². The number of fused-ring (bicyclic) bond motifs is 3. The topological polar surface area (TPSA) is 69.3 Å². The Hall–Kier alpha value is -3.26. The van der Waals surface area contributed by atoms with Gasteiger partial charge in [-0.2, -0.15) is 5.26 Å². The van der Waals surface area contributed by atoms with Crippen molar-refractivity contribution < 1.29 is 9.21 Å². The monoisotopic (exact) mass is 371 g/mol. The largest absolute Gasteiger partial charge is 0.456 e. The molecule has 2 heterocycles. The molecule has 0 spiro atoms. The molecule has 0 saturated heterocycles. The van der Waals surface area contributed by atoms with Crippen molar-refractivity contribution in [2.45, 2.75) is 31.7 Å². The lowest BCUT2D eigenvalue weighted by molar-refractivity contribution is 0.239. The maximum absolute atomic E-state index is 13.1. The van der Waals surface area contributed by atoms with Gasteiger partial charge in [0, 0.05) is 11.9 Å². The van der Waals surface area contributed by atoms with Crippen molar-refractivity contribution in [2.24, 2.45) is 5.92 Å². The summed E-state index contributed by atoms with van der Waals surface area (Å²) in [5.41, 5.74) is 3.19. The van der Waals surface area contributed by atoms with Crippen molar-refractivity contribution in [2.75, 3.05) is 11.4 Å². The summed E-state index contributed by atoms with van der Waals surface area (Å²) in [4.78, 5) is 15.0. The molecule has 28 heavy (non-hydrogen) atoms. The van der Waals surface area contributed by atoms with E-state index in [4.69, 9.17) is 9.68 Å². The number of nitrogens with one attached hydrogen (secondary N) is 1. The number of amides is 2. The van der Waals surface area contributed by atoms with E-state index in [9.17, 15) is 4.79 Å². The number of nitriles is 1. The van der Waals surface area contributed by atoms with E-state index in [1.807, 2.05) is 41.3 Å². The van der Waals surface area contributed by atoms with E-state index >= 15 is 0 Å². The van der Waals surface area contributed by atoms with Gasteiger partial charge in [-0.3, -0.25) is 4.90 Å². The first-order valence-corrected chi connectivity index (χ1v) is 9.84. The lowest BCUT2D eigenvalue weighted by Crippen LogP contribution is -2.48. The Bertz CT molecular complexity index is 1070. The average molecular weight is 371 g/mol. The van der Waals surface area contributed by atoms with Crippen molar-refractivity contribution in [3.8, 4) is 6.07 Å². The predicted octanol–water partition coefficient (Wildman–Crippen LogP) is 5.11. The van der Waals surface area contributed by atoms with E-state index in [0.29, 0.717) is 11.5 Å². The Morgan fingerprint density at radius 1 is 1.11 bits per heavy atom. The van der Waals surface area contributed by atoms with E-state index in [1.165, 1.54) is 25.7 Å². The second kappa shape index (κ2) is 6.72. The minimum Gasteiger partial charge on any atom is -0.456 e. The van der Waals surface area contributed by atoms with Gasteiger partial charge in [0.15, 0.2) is 5.76 Å². The van der Waals surface area contributed by atoms with Gasteiger partial charge in [-0.25, -0.2) is 4.79 Å². The van der Waals surface area contributed by atoms with Crippen LogP contribution in [0.3, 0.4) is 0 Å². The Kier molecular flexibility index (Phi) is 4.05. The van der Waals surface area contributed by atoms with Crippen LogP contribution in [0.1, 0.15) is 48.6 Å². The molecule has 5 rings (SSSR count). The fraction of sp³-hybridized carbons (Fsp3) is 0.304. The predicted molar refractivity (Wildman–Crippen MR) is 107 cm³/mol. The fourth-order valence-electron chi connectivity index (χ4n) is 4.50. The first kappa shape index (κ1) is 16.9. The third-order valence-electron chi connectivity index (χ3n) is 5.93. The van der Waals surface area contributed by atoms with Gasteiger partial charge in [0.05, 0.1) is 17.3 Å². The molecule has 1 N–H and O–H groups in total. The smallest absolute Gasteiger partial charge is 0.322 e. The van der Waals surface area contributed by atoms with Crippen LogP contribution in [0.15, 0.2) is 52.9 Å². The Morgan fingerprint density at radius 2 is 1.86 bits per heavy atom. The van der Waals surface area contributed by atoms with Crippen LogP contribution in [-0.4, -0.2) is 12.6 Å². The highest BCUT2D eigenvalue weighted by atomic mass is 16.3. The Morgan fingerprint density at radius 3 is 2.61 bits per heavy atom. The Labute approximate surface area is 163 Å². The Balaban J connectivity index is 1.62. The number of carbonyl (C=O) groups is 1. The summed E-state index contributed by atoms with van der Waals surface area (Å²) in [6.07, 6.45) is 4.84. The summed E-state index contributed by atoms with van der Waals surface area (Å²) in [6, 6.07) is 16.9. The molecule has 1 aromatic heterocycles. The SMILES string of the molecule is N#Cc1ccc(C2NC(=O)N(CC3CCCC3)c3c2oc2ccccc32)cc1. The van der Waals surface area contributed by atoms with Crippen LogP contribution in [-0.2, 0) is 0 Å². The minimum atomic E-state index is -0.359. The van der Waals surface area contributed by atoms with Gasteiger partial charge in [-0.15, -0.1) is 0 Å². The molecular formula is C23H21N3O2. The van der Waals surface area contributed by atoms with Crippen molar-refractivity contribution in [3.63, 3.8) is 0 Å². The first-order chi connectivity index (χ1) is 13.7. The molecule has 5 nitrogen and oxygen atoms in total. The highest BCUT2D eigenvalue weighted by molar-refractivity contribution is 6.05. The zero-order chi connectivity index (χ0) is 19.1. The van der Waals surface area contributed by atoms with Crippen LogP contribution < -0.4 is 10.2 Å². The number of carbonyl (C=O) groups excluding carboxylic acids is 1. The van der Waals surface area contributed by atoms with Crippen molar-refractivity contribution >= 4 is 22.7 Å². The van der Waals surface area contributed by atoms with Gasteiger partial charge >= 0.3 is 6.03 Å². The molecule has 3 aromatic rings. The molecule has 0 bridgehead atoms. The van der Waals surface area contributed by atoms with Crippen LogP contribution in [0.4, 0.5) is 10.5 Å². The van der Waals surface area contributed by atoms with Crippen molar-refractivity contribution in [1.29, 1.82) is 5.26 Å². The number of para-hydroxylation sites is 1. The number of urea groups is 1. The standard InChI is InChI=1S/C23H21N3O2/c24-13-15-9-11-17(12-10-15)20-22-21(18-7-3-4-8-19(18)28-22)26(23(27)25-20)14-16-5-1-2-6-16/h3-4,7-12,16,20H,1-2,5-6,14H2,(H,25,27). The molecule has 5 heteroatoms. The molecule has 1 aliphatic heterocycles. The molecule has 140 valence electrons. The summed E-state index contributed by atoms with van der Waals surface area (Å²) in [5, 5.41) is 13.2. The van der Waals surface area contributed by atoms with Crippen LogP contribution in [0.25, 0.3) is 11.0 Å². The van der Waals surface area contributed by atoms with Gasteiger partial charge in [0.2, 0.25) is 0 Å². The summed E-state index contributed by atoms with van der Waals surface area (Å²) in [5.74, 6) is 1.31. The average Bonchev–Trinajstić information content (AvgIpc) is 3.37. The molecule has 1 atom stereocenters. The van der Waals surface area contributed by atoms with E-state index in [1.54, 1.807) is 12.1 Å². The molecule has 2 aliphatic rings. The molecular weight excluding hydrogens is 350 g/mol. The maximum atomic E-state index is 13.1. The number of anilines is 1. The molecule has 1 aliphatic carbocycles. The first-order valence-electron chi connectivity index (χ1n) is 9.84. The number of benzene rings is 2. The number of hydrogen-bond acceptors (Lipinski definition) is 3. The van der Waals surface area contributed by atoms with E-state index in [-0.39, 0.29) is 12.1 Å². The van der Waals surface area contributed by atoms with E-state index in [0.717, 1.165) is 34.5 Å². The number of furan rings is 1. The summed E-state index contributed by atoms with van der Waals surface area (Å²) >= 11 is 0. The van der Waals surface area contributed by atoms with Gasteiger partial charge < -0.3 is 9.73 Å².